The van der Waals surface area contributed by atoms with Crippen LogP contribution in [-0.4, -0.2) is 46.5 Å². The number of benzene rings is 1. The maximum atomic E-state index is 12.9. The quantitative estimate of drug-likeness (QED) is 0.873. The average Bonchev–Trinajstić information content (AvgIpc) is 2.46. The van der Waals surface area contributed by atoms with Gasteiger partial charge in [0, 0.05) is 25.4 Å². The standard InChI is InChI=1S/C14H22N2O4S2/c1-11-6-7-13(21(2,17)18)9-14(11)22(19,20)16-8-4-3-5-12(16)10-15/h6-7,9,12H,3-5,8,10,15H2,1-2H3. The van der Waals surface area contributed by atoms with Crippen molar-refractivity contribution in [1.29, 1.82) is 0 Å². The van der Waals surface area contributed by atoms with Gasteiger partial charge in [-0.1, -0.05) is 12.5 Å². The Kier molecular flexibility index (Phi) is 4.96. The lowest BCUT2D eigenvalue weighted by Gasteiger charge is -2.34. The van der Waals surface area contributed by atoms with Crippen LogP contribution in [0.4, 0.5) is 0 Å². The molecule has 22 heavy (non-hydrogen) atoms. The number of sulfonamides is 1. The molecule has 0 spiro atoms. The van der Waals surface area contributed by atoms with Crippen molar-refractivity contribution >= 4 is 19.9 Å². The van der Waals surface area contributed by atoms with E-state index in [9.17, 15) is 16.8 Å². The van der Waals surface area contributed by atoms with E-state index in [-0.39, 0.29) is 22.4 Å². The highest BCUT2D eigenvalue weighted by Crippen LogP contribution is 2.28. The number of hydrogen-bond donors (Lipinski definition) is 1. The van der Waals surface area contributed by atoms with E-state index < -0.39 is 19.9 Å². The largest absolute Gasteiger partial charge is 0.329 e. The van der Waals surface area contributed by atoms with Crippen molar-refractivity contribution in [2.75, 3.05) is 19.3 Å². The Morgan fingerprint density at radius 3 is 2.50 bits per heavy atom. The zero-order chi connectivity index (χ0) is 16.5. The number of sulfone groups is 1. The number of hydrogen-bond acceptors (Lipinski definition) is 5. The summed E-state index contributed by atoms with van der Waals surface area (Å²) < 4.78 is 50.7. The number of aryl methyl sites for hydroxylation is 1. The molecule has 0 amide bonds. The molecule has 0 saturated carbocycles. The maximum absolute atomic E-state index is 12.9. The smallest absolute Gasteiger partial charge is 0.243 e. The Morgan fingerprint density at radius 1 is 1.23 bits per heavy atom. The Bertz CT molecular complexity index is 757. The fourth-order valence-electron chi connectivity index (χ4n) is 2.74. The second-order valence-corrected chi connectivity index (χ2v) is 9.58. The molecular weight excluding hydrogens is 324 g/mol. The summed E-state index contributed by atoms with van der Waals surface area (Å²) in [6.45, 7) is 2.36. The minimum absolute atomic E-state index is 0.0120. The average molecular weight is 346 g/mol. The normalized spacial score (nSPS) is 21.0. The molecule has 0 aromatic heterocycles. The van der Waals surface area contributed by atoms with Gasteiger partial charge in [-0.05, 0) is 37.5 Å². The van der Waals surface area contributed by atoms with Gasteiger partial charge in [-0.15, -0.1) is 0 Å². The number of nitrogens with zero attached hydrogens (tertiary/aromatic N) is 1. The van der Waals surface area contributed by atoms with E-state index in [0.29, 0.717) is 12.1 Å². The van der Waals surface area contributed by atoms with Crippen molar-refractivity contribution in [3.63, 3.8) is 0 Å². The molecule has 1 aromatic rings. The van der Waals surface area contributed by atoms with Crippen LogP contribution in [0.5, 0.6) is 0 Å². The summed E-state index contributed by atoms with van der Waals surface area (Å²) in [4.78, 5) is 0.0637. The second-order valence-electron chi connectivity index (χ2n) is 5.70. The molecular formula is C14H22N2O4S2. The zero-order valence-electron chi connectivity index (χ0n) is 12.8. The van der Waals surface area contributed by atoms with E-state index in [1.807, 2.05) is 0 Å². The van der Waals surface area contributed by atoms with E-state index in [0.717, 1.165) is 25.5 Å². The summed E-state index contributed by atoms with van der Waals surface area (Å²) >= 11 is 0. The summed E-state index contributed by atoms with van der Waals surface area (Å²) in [6, 6.07) is 3.99. The fourth-order valence-corrected chi connectivity index (χ4v) is 5.42. The van der Waals surface area contributed by atoms with Crippen LogP contribution in [0.1, 0.15) is 24.8 Å². The van der Waals surface area contributed by atoms with E-state index >= 15 is 0 Å². The molecule has 1 aliphatic rings. The molecule has 124 valence electrons. The summed E-state index contributed by atoms with van der Waals surface area (Å²) in [5, 5.41) is 0. The first kappa shape index (κ1) is 17.4. The first-order chi connectivity index (χ1) is 10.2. The van der Waals surface area contributed by atoms with Gasteiger partial charge in [-0.2, -0.15) is 4.31 Å². The van der Waals surface area contributed by atoms with Gasteiger partial charge < -0.3 is 5.73 Å². The van der Waals surface area contributed by atoms with Crippen molar-refractivity contribution in [1.82, 2.24) is 4.31 Å². The molecule has 1 fully saturated rings. The molecule has 0 radical (unpaired) electrons. The Hall–Kier alpha value is -0.960. The van der Waals surface area contributed by atoms with Crippen LogP contribution in [0, 0.1) is 6.92 Å². The van der Waals surface area contributed by atoms with E-state index in [1.165, 1.54) is 22.5 Å². The number of nitrogens with two attached hydrogens (primary N) is 1. The lowest BCUT2D eigenvalue weighted by Crippen LogP contribution is -2.47. The zero-order valence-corrected chi connectivity index (χ0v) is 14.5. The van der Waals surface area contributed by atoms with Crippen molar-refractivity contribution < 1.29 is 16.8 Å². The molecule has 2 N–H and O–H groups in total. The molecule has 2 rings (SSSR count). The second kappa shape index (κ2) is 6.27. The van der Waals surface area contributed by atoms with Gasteiger partial charge in [0.1, 0.15) is 0 Å². The predicted molar refractivity (Wildman–Crippen MR) is 84.9 cm³/mol. The monoisotopic (exact) mass is 346 g/mol. The van der Waals surface area contributed by atoms with Crippen LogP contribution in [0.2, 0.25) is 0 Å². The molecule has 1 aliphatic heterocycles. The minimum Gasteiger partial charge on any atom is -0.329 e. The minimum atomic E-state index is -3.75. The number of rotatable bonds is 4. The highest BCUT2D eigenvalue weighted by atomic mass is 32.2. The number of piperidine rings is 1. The molecule has 8 heteroatoms. The van der Waals surface area contributed by atoms with Crippen LogP contribution in [0.25, 0.3) is 0 Å². The Labute approximate surface area is 132 Å². The molecule has 6 nitrogen and oxygen atoms in total. The molecule has 1 aromatic carbocycles. The van der Waals surface area contributed by atoms with Crippen molar-refractivity contribution in [3.05, 3.63) is 23.8 Å². The fraction of sp³-hybridized carbons (Fsp3) is 0.571. The van der Waals surface area contributed by atoms with Crippen LogP contribution < -0.4 is 5.73 Å². The van der Waals surface area contributed by atoms with Crippen LogP contribution in [-0.2, 0) is 19.9 Å². The lowest BCUT2D eigenvalue weighted by atomic mass is 10.1. The third kappa shape index (κ3) is 3.34. The van der Waals surface area contributed by atoms with Crippen LogP contribution >= 0.6 is 0 Å². The van der Waals surface area contributed by atoms with Crippen molar-refractivity contribution in [3.8, 4) is 0 Å². The molecule has 1 heterocycles. The van der Waals surface area contributed by atoms with E-state index in [4.69, 9.17) is 5.73 Å². The highest BCUT2D eigenvalue weighted by Gasteiger charge is 2.34. The summed E-state index contributed by atoms with van der Waals surface area (Å²) in [7, 11) is -7.21. The van der Waals surface area contributed by atoms with Gasteiger partial charge in [0.05, 0.1) is 9.79 Å². The first-order valence-corrected chi connectivity index (χ1v) is 10.5. The van der Waals surface area contributed by atoms with Gasteiger partial charge in [-0.25, -0.2) is 16.8 Å². The van der Waals surface area contributed by atoms with Gasteiger partial charge in [0.15, 0.2) is 9.84 Å². The van der Waals surface area contributed by atoms with Gasteiger partial charge in [0.2, 0.25) is 10.0 Å². The molecule has 0 bridgehead atoms. The van der Waals surface area contributed by atoms with Gasteiger partial charge in [0.25, 0.3) is 0 Å². The SMILES string of the molecule is Cc1ccc(S(C)(=O)=O)cc1S(=O)(=O)N1CCCCC1CN. The lowest BCUT2D eigenvalue weighted by molar-refractivity contribution is 0.257. The van der Waals surface area contributed by atoms with Gasteiger partial charge in [-0.3, -0.25) is 0 Å². The predicted octanol–water partition coefficient (Wildman–Crippen LogP) is 0.900. The highest BCUT2D eigenvalue weighted by molar-refractivity contribution is 7.91. The van der Waals surface area contributed by atoms with E-state index in [2.05, 4.69) is 0 Å². The molecule has 1 saturated heterocycles. The van der Waals surface area contributed by atoms with Gasteiger partial charge >= 0.3 is 0 Å². The molecule has 1 atom stereocenters. The third-order valence-electron chi connectivity index (χ3n) is 4.02. The summed E-state index contributed by atoms with van der Waals surface area (Å²) in [6.07, 6.45) is 3.55. The topological polar surface area (TPSA) is 97.5 Å². The molecule has 0 aliphatic carbocycles. The van der Waals surface area contributed by atoms with Crippen LogP contribution in [0.3, 0.4) is 0 Å². The summed E-state index contributed by atoms with van der Waals surface area (Å²) in [5.41, 5.74) is 6.24. The maximum Gasteiger partial charge on any atom is 0.243 e. The van der Waals surface area contributed by atoms with E-state index in [1.54, 1.807) is 6.92 Å². The van der Waals surface area contributed by atoms with Crippen LogP contribution in [0.15, 0.2) is 28.0 Å². The third-order valence-corrected chi connectivity index (χ3v) is 7.22. The Morgan fingerprint density at radius 2 is 1.91 bits per heavy atom. The van der Waals surface area contributed by atoms with Crippen molar-refractivity contribution in [2.24, 2.45) is 5.73 Å². The first-order valence-electron chi connectivity index (χ1n) is 7.20. The van der Waals surface area contributed by atoms with Crippen molar-refractivity contribution in [2.45, 2.75) is 42.0 Å². The molecule has 1 unspecified atom stereocenters. The Balaban J connectivity index is 2.53. The summed E-state index contributed by atoms with van der Waals surface area (Å²) in [5.74, 6) is 0.